The molecule has 0 spiro atoms. The van der Waals surface area contributed by atoms with E-state index in [1.54, 1.807) is 11.3 Å². The zero-order valence-corrected chi connectivity index (χ0v) is 11.9. The monoisotopic (exact) mass is 299 g/mol. The Hall–Kier alpha value is -0.580. The van der Waals surface area contributed by atoms with Crippen molar-refractivity contribution >= 4 is 27.3 Å². The van der Waals surface area contributed by atoms with Crippen molar-refractivity contribution in [1.29, 1.82) is 0 Å². The average Bonchev–Trinajstić information content (AvgIpc) is 2.68. The van der Waals surface area contributed by atoms with E-state index >= 15 is 0 Å². The summed E-state index contributed by atoms with van der Waals surface area (Å²) >= 11 is 5.20. The Labute approximate surface area is 108 Å². The summed E-state index contributed by atoms with van der Waals surface area (Å²) in [5, 5.41) is 0. The molecule has 0 aliphatic rings. The Bertz CT molecular complexity index is 469. The maximum absolute atomic E-state index is 6.27. The van der Waals surface area contributed by atoms with Gasteiger partial charge in [0, 0.05) is 10.4 Å². The Morgan fingerprint density at radius 3 is 2.38 bits per heavy atom. The molecule has 86 valence electrons. The number of halogens is 1. The topological polar surface area (TPSA) is 39.2 Å². The van der Waals surface area contributed by atoms with Gasteiger partial charge in [0.05, 0.1) is 9.83 Å². The summed E-state index contributed by atoms with van der Waals surface area (Å²) in [7, 11) is 0. The Morgan fingerprint density at radius 1 is 1.25 bits per heavy atom. The van der Waals surface area contributed by atoms with Gasteiger partial charge in [-0.15, -0.1) is 11.3 Å². The molecule has 0 bridgehead atoms. The molecule has 16 heavy (non-hydrogen) atoms. The minimum atomic E-state index is -0.0972. The van der Waals surface area contributed by atoms with Crippen molar-refractivity contribution in [2.45, 2.75) is 26.8 Å². The maximum Gasteiger partial charge on any atom is 0.106 e. The minimum Gasteiger partial charge on any atom is -0.466 e. The molecule has 0 fully saturated rings. The van der Waals surface area contributed by atoms with Gasteiger partial charge in [-0.2, -0.15) is 0 Å². The number of nitrogens with two attached hydrogens (primary N) is 1. The SMILES string of the molecule is Cc1cc(C(N)c2cc(Br)sc2C)c(C)o1. The lowest BCUT2D eigenvalue weighted by Crippen LogP contribution is -2.12. The van der Waals surface area contributed by atoms with Gasteiger partial charge in [-0.3, -0.25) is 0 Å². The largest absolute Gasteiger partial charge is 0.466 e. The highest BCUT2D eigenvalue weighted by atomic mass is 79.9. The second-order valence-electron chi connectivity index (χ2n) is 3.91. The quantitative estimate of drug-likeness (QED) is 0.907. The van der Waals surface area contributed by atoms with Crippen LogP contribution in [0.4, 0.5) is 0 Å². The van der Waals surface area contributed by atoms with Gasteiger partial charge in [0.25, 0.3) is 0 Å². The molecule has 0 aliphatic heterocycles. The van der Waals surface area contributed by atoms with Crippen LogP contribution in [0, 0.1) is 20.8 Å². The molecule has 2 nitrogen and oxygen atoms in total. The first kappa shape index (κ1) is 11.9. The van der Waals surface area contributed by atoms with E-state index in [9.17, 15) is 0 Å². The van der Waals surface area contributed by atoms with E-state index in [0.717, 1.165) is 20.9 Å². The molecule has 0 saturated carbocycles. The van der Waals surface area contributed by atoms with Gasteiger partial charge < -0.3 is 10.2 Å². The molecule has 1 atom stereocenters. The van der Waals surface area contributed by atoms with E-state index in [0.29, 0.717) is 0 Å². The molecule has 2 aromatic rings. The van der Waals surface area contributed by atoms with Crippen LogP contribution in [-0.2, 0) is 0 Å². The zero-order valence-electron chi connectivity index (χ0n) is 9.50. The summed E-state index contributed by atoms with van der Waals surface area (Å²) in [6, 6.07) is 4.01. The third kappa shape index (κ3) is 2.10. The molecule has 0 amide bonds. The molecule has 1 unspecified atom stereocenters. The number of furan rings is 1. The highest BCUT2D eigenvalue weighted by Crippen LogP contribution is 2.34. The van der Waals surface area contributed by atoms with Crippen LogP contribution in [0.3, 0.4) is 0 Å². The van der Waals surface area contributed by atoms with Crippen molar-refractivity contribution in [3.05, 3.63) is 43.4 Å². The third-order valence-electron chi connectivity index (χ3n) is 2.68. The second kappa shape index (κ2) is 4.35. The number of aryl methyl sites for hydroxylation is 3. The van der Waals surface area contributed by atoms with E-state index in [4.69, 9.17) is 10.2 Å². The maximum atomic E-state index is 6.27. The molecule has 0 aromatic carbocycles. The number of rotatable bonds is 2. The number of hydrogen-bond acceptors (Lipinski definition) is 3. The summed E-state index contributed by atoms with van der Waals surface area (Å²) < 4.78 is 6.63. The van der Waals surface area contributed by atoms with Crippen LogP contribution in [-0.4, -0.2) is 0 Å². The smallest absolute Gasteiger partial charge is 0.106 e. The first-order valence-corrected chi connectivity index (χ1v) is 6.68. The normalized spacial score (nSPS) is 13.1. The van der Waals surface area contributed by atoms with Crippen LogP contribution in [0.25, 0.3) is 0 Å². The van der Waals surface area contributed by atoms with Gasteiger partial charge in [0.2, 0.25) is 0 Å². The van der Waals surface area contributed by atoms with Crippen molar-refractivity contribution in [3.63, 3.8) is 0 Å². The highest BCUT2D eigenvalue weighted by Gasteiger charge is 2.18. The van der Waals surface area contributed by atoms with E-state index in [1.807, 2.05) is 19.9 Å². The van der Waals surface area contributed by atoms with Crippen molar-refractivity contribution in [2.24, 2.45) is 5.73 Å². The van der Waals surface area contributed by atoms with Crippen molar-refractivity contribution in [1.82, 2.24) is 0 Å². The van der Waals surface area contributed by atoms with E-state index in [2.05, 4.69) is 28.9 Å². The molecule has 2 aromatic heterocycles. The lowest BCUT2D eigenvalue weighted by atomic mass is 10.0. The lowest BCUT2D eigenvalue weighted by molar-refractivity contribution is 0.499. The molecule has 0 aliphatic carbocycles. The van der Waals surface area contributed by atoms with Gasteiger partial charge in [-0.05, 0) is 54.4 Å². The van der Waals surface area contributed by atoms with Gasteiger partial charge >= 0.3 is 0 Å². The van der Waals surface area contributed by atoms with Crippen molar-refractivity contribution in [3.8, 4) is 0 Å². The fourth-order valence-electron chi connectivity index (χ4n) is 1.89. The summed E-state index contributed by atoms with van der Waals surface area (Å²) in [6.45, 7) is 5.99. The molecule has 2 heterocycles. The third-order valence-corrected chi connectivity index (χ3v) is 4.24. The van der Waals surface area contributed by atoms with Gasteiger partial charge in [0.1, 0.15) is 11.5 Å². The first-order chi connectivity index (χ1) is 7.49. The molecular formula is C12H14BrNOS. The molecule has 0 radical (unpaired) electrons. The summed E-state index contributed by atoms with van der Waals surface area (Å²) in [5.41, 5.74) is 8.51. The molecule has 2 rings (SSSR count). The van der Waals surface area contributed by atoms with E-state index in [-0.39, 0.29) is 6.04 Å². The second-order valence-corrected chi connectivity index (χ2v) is 6.54. The highest BCUT2D eigenvalue weighted by molar-refractivity contribution is 9.11. The summed E-state index contributed by atoms with van der Waals surface area (Å²) in [4.78, 5) is 1.25. The Kier molecular flexibility index (Phi) is 3.24. The molecule has 2 N–H and O–H groups in total. The van der Waals surface area contributed by atoms with Gasteiger partial charge in [-0.25, -0.2) is 0 Å². The first-order valence-electron chi connectivity index (χ1n) is 5.07. The summed E-state index contributed by atoms with van der Waals surface area (Å²) in [6.07, 6.45) is 0. The van der Waals surface area contributed by atoms with Crippen LogP contribution in [0.2, 0.25) is 0 Å². The zero-order chi connectivity index (χ0) is 11.9. The van der Waals surface area contributed by atoms with Crippen LogP contribution >= 0.6 is 27.3 Å². The van der Waals surface area contributed by atoms with Crippen molar-refractivity contribution in [2.75, 3.05) is 0 Å². The van der Waals surface area contributed by atoms with Gasteiger partial charge in [-0.1, -0.05) is 0 Å². The number of hydrogen-bond donors (Lipinski definition) is 1. The fourth-order valence-corrected chi connectivity index (χ4v) is 3.65. The number of thiophene rings is 1. The predicted octanol–water partition coefficient (Wildman–Crippen LogP) is 4.08. The molecular weight excluding hydrogens is 286 g/mol. The van der Waals surface area contributed by atoms with Crippen molar-refractivity contribution < 1.29 is 4.42 Å². The predicted molar refractivity (Wildman–Crippen MR) is 71.0 cm³/mol. The van der Waals surface area contributed by atoms with Crippen LogP contribution in [0.5, 0.6) is 0 Å². The Morgan fingerprint density at radius 2 is 1.94 bits per heavy atom. The Balaban J connectivity index is 2.42. The van der Waals surface area contributed by atoms with E-state index < -0.39 is 0 Å². The fraction of sp³-hybridized carbons (Fsp3) is 0.333. The molecule has 0 saturated heterocycles. The van der Waals surface area contributed by atoms with E-state index in [1.165, 1.54) is 10.4 Å². The summed E-state index contributed by atoms with van der Waals surface area (Å²) in [5.74, 6) is 1.82. The molecule has 4 heteroatoms. The average molecular weight is 300 g/mol. The van der Waals surface area contributed by atoms with Crippen LogP contribution in [0.1, 0.15) is 33.6 Å². The van der Waals surface area contributed by atoms with Crippen LogP contribution < -0.4 is 5.73 Å². The van der Waals surface area contributed by atoms with Gasteiger partial charge in [0.15, 0.2) is 0 Å². The standard InChI is InChI=1S/C12H14BrNOS/c1-6-4-9(7(2)15-6)12(14)10-5-11(13)16-8(10)3/h4-5,12H,14H2,1-3H3. The minimum absolute atomic E-state index is 0.0972. The lowest BCUT2D eigenvalue weighted by Gasteiger charge is -2.10. The van der Waals surface area contributed by atoms with Crippen LogP contribution in [0.15, 0.2) is 20.3 Å².